The van der Waals surface area contributed by atoms with Crippen LogP contribution >= 0.6 is 0 Å². The molecule has 1 rings (SSSR count). The smallest absolute Gasteiger partial charge is 0.223 e. The van der Waals surface area contributed by atoms with Crippen LogP contribution in [0.5, 0.6) is 0 Å². The SMILES string of the molecule is CCNCCC(=O)N1CCN(C)C(C)C1. The van der Waals surface area contributed by atoms with Gasteiger partial charge < -0.3 is 15.1 Å². The minimum Gasteiger partial charge on any atom is -0.340 e. The van der Waals surface area contributed by atoms with Crippen LogP contribution in [0.15, 0.2) is 0 Å². The molecule has 0 aromatic heterocycles. The van der Waals surface area contributed by atoms with E-state index in [0.717, 1.165) is 32.7 Å². The van der Waals surface area contributed by atoms with Gasteiger partial charge in [0.1, 0.15) is 0 Å². The average molecular weight is 213 g/mol. The predicted octanol–water partition coefficient (Wildman–Crippen LogP) is 0.149. The second-order valence-electron chi connectivity index (χ2n) is 4.27. The number of hydrogen-bond donors (Lipinski definition) is 1. The standard InChI is InChI=1S/C11H23N3O/c1-4-12-6-5-11(15)14-8-7-13(3)10(2)9-14/h10,12H,4-9H2,1-3H3. The van der Waals surface area contributed by atoms with Crippen LogP contribution in [-0.2, 0) is 4.79 Å². The van der Waals surface area contributed by atoms with Crippen molar-refractivity contribution >= 4 is 5.91 Å². The Morgan fingerprint density at radius 1 is 1.47 bits per heavy atom. The van der Waals surface area contributed by atoms with Gasteiger partial charge in [0.25, 0.3) is 0 Å². The number of likely N-dealkylation sites (N-methyl/N-ethyl adjacent to an activating group) is 1. The van der Waals surface area contributed by atoms with Gasteiger partial charge in [-0.3, -0.25) is 4.79 Å². The van der Waals surface area contributed by atoms with Crippen molar-refractivity contribution in [2.75, 3.05) is 39.8 Å². The normalized spacial score (nSPS) is 23.1. The van der Waals surface area contributed by atoms with Crippen molar-refractivity contribution in [3.63, 3.8) is 0 Å². The van der Waals surface area contributed by atoms with Gasteiger partial charge in [-0.05, 0) is 20.5 Å². The van der Waals surface area contributed by atoms with Crippen molar-refractivity contribution in [1.29, 1.82) is 0 Å². The van der Waals surface area contributed by atoms with Crippen LogP contribution in [-0.4, -0.2) is 61.5 Å². The molecule has 1 heterocycles. The number of rotatable bonds is 4. The van der Waals surface area contributed by atoms with Gasteiger partial charge in [0, 0.05) is 38.6 Å². The summed E-state index contributed by atoms with van der Waals surface area (Å²) < 4.78 is 0. The third-order valence-electron chi connectivity index (χ3n) is 3.08. The minimum atomic E-state index is 0.288. The fourth-order valence-corrected chi connectivity index (χ4v) is 1.81. The lowest BCUT2D eigenvalue weighted by atomic mass is 10.2. The molecule has 4 nitrogen and oxygen atoms in total. The second-order valence-corrected chi connectivity index (χ2v) is 4.27. The van der Waals surface area contributed by atoms with Crippen LogP contribution in [0.2, 0.25) is 0 Å². The third kappa shape index (κ3) is 3.80. The molecule has 1 N–H and O–H groups in total. The molecule has 0 saturated carbocycles. The van der Waals surface area contributed by atoms with Crippen molar-refractivity contribution in [2.24, 2.45) is 0 Å². The van der Waals surface area contributed by atoms with E-state index in [1.807, 2.05) is 4.90 Å². The molecule has 0 bridgehead atoms. The fourth-order valence-electron chi connectivity index (χ4n) is 1.81. The van der Waals surface area contributed by atoms with E-state index in [1.165, 1.54) is 0 Å². The molecular formula is C11H23N3O. The highest BCUT2D eigenvalue weighted by Gasteiger charge is 2.23. The molecule has 15 heavy (non-hydrogen) atoms. The first-order valence-electron chi connectivity index (χ1n) is 5.84. The Bertz CT molecular complexity index is 208. The van der Waals surface area contributed by atoms with E-state index in [0.29, 0.717) is 12.5 Å². The molecule has 1 atom stereocenters. The van der Waals surface area contributed by atoms with Crippen molar-refractivity contribution < 1.29 is 4.79 Å². The average Bonchev–Trinajstić information content (AvgIpc) is 2.22. The van der Waals surface area contributed by atoms with E-state index >= 15 is 0 Å². The van der Waals surface area contributed by atoms with Gasteiger partial charge in [-0.15, -0.1) is 0 Å². The lowest BCUT2D eigenvalue weighted by Crippen LogP contribution is -2.52. The van der Waals surface area contributed by atoms with Crippen molar-refractivity contribution in [3.05, 3.63) is 0 Å². The minimum absolute atomic E-state index is 0.288. The molecule has 1 aliphatic rings. The van der Waals surface area contributed by atoms with Crippen LogP contribution in [0.4, 0.5) is 0 Å². The number of nitrogens with one attached hydrogen (secondary N) is 1. The zero-order chi connectivity index (χ0) is 11.3. The Kier molecular flexibility index (Phi) is 5.05. The maximum Gasteiger partial charge on any atom is 0.223 e. The molecule has 1 aliphatic heterocycles. The molecule has 1 amide bonds. The number of carbonyl (C=O) groups excluding carboxylic acids is 1. The first-order valence-corrected chi connectivity index (χ1v) is 5.84. The van der Waals surface area contributed by atoms with Gasteiger partial charge in [0.2, 0.25) is 5.91 Å². The highest BCUT2D eigenvalue weighted by atomic mass is 16.2. The third-order valence-corrected chi connectivity index (χ3v) is 3.08. The van der Waals surface area contributed by atoms with Crippen LogP contribution in [0, 0.1) is 0 Å². The van der Waals surface area contributed by atoms with Crippen LogP contribution in [0.25, 0.3) is 0 Å². The summed E-state index contributed by atoms with van der Waals surface area (Å²) in [6.45, 7) is 8.72. The summed E-state index contributed by atoms with van der Waals surface area (Å²) in [5.74, 6) is 0.288. The molecule has 0 aliphatic carbocycles. The van der Waals surface area contributed by atoms with E-state index in [4.69, 9.17) is 0 Å². The van der Waals surface area contributed by atoms with Gasteiger partial charge in [-0.25, -0.2) is 0 Å². The number of nitrogens with zero attached hydrogens (tertiary/aromatic N) is 2. The molecule has 88 valence electrons. The maximum atomic E-state index is 11.8. The summed E-state index contributed by atoms with van der Waals surface area (Å²) in [6, 6.07) is 0.488. The monoisotopic (exact) mass is 213 g/mol. The lowest BCUT2D eigenvalue weighted by molar-refractivity contribution is -0.133. The van der Waals surface area contributed by atoms with Crippen molar-refractivity contribution in [2.45, 2.75) is 26.3 Å². The Hall–Kier alpha value is -0.610. The van der Waals surface area contributed by atoms with E-state index < -0.39 is 0 Å². The molecule has 1 unspecified atom stereocenters. The summed E-state index contributed by atoms with van der Waals surface area (Å²) in [6.07, 6.45) is 0.629. The molecule has 1 saturated heterocycles. The molecule has 1 fully saturated rings. The van der Waals surface area contributed by atoms with E-state index in [-0.39, 0.29) is 5.91 Å². The largest absolute Gasteiger partial charge is 0.340 e. The van der Waals surface area contributed by atoms with E-state index in [9.17, 15) is 4.79 Å². The Morgan fingerprint density at radius 3 is 2.80 bits per heavy atom. The van der Waals surface area contributed by atoms with Gasteiger partial charge >= 0.3 is 0 Å². The molecule has 0 radical (unpaired) electrons. The number of amides is 1. The van der Waals surface area contributed by atoms with E-state index in [1.54, 1.807) is 0 Å². The Labute approximate surface area is 92.6 Å². The first-order chi connectivity index (χ1) is 7.15. The Morgan fingerprint density at radius 2 is 2.20 bits per heavy atom. The van der Waals surface area contributed by atoms with Crippen molar-refractivity contribution in [3.8, 4) is 0 Å². The predicted molar refractivity (Wildman–Crippen MR) is 61.8 cm³/mol. The van der Waals surface area contributed by atoms with Crippen LogP contribution in [0.3, 0.4) is 0 Å². The summed E-state index contributed by atoms with van der Waals surface area (Å²) >= 11 is 0. The van der Waals surface area contributed by atoms with Gasteiger partial charge in [0.15, 0.2) is 0 Å². The second kappa shape index (κ2) is 6.08. The molecule has 0 aromatic carbocycles. The molecule has 0 spiro atoms. The highest BCUT2D eigenvalue weighted by molar-refractivity contribution is 5.76. The summed E-state index contributed by atoms with van der Waals surface area (Å²) in [5, 5.41) is 3.18. The lowest BCUT2D eigenvalue weighted by Gasteiger charge is -2.37. The van der Waals surface area contributed by atoms with Crippen molar-refractivity contribution in [1.82, 2.24) is 15.1 Å². The van der Waals surface area contributed by atoms with Crippen LogP contribution < -0.4 is 5.32 Å². The molecule has 4 heteroatoms. The summed E-state index contributed by atoms with van der Waals surface area (Å²) in [4.78, 5) is 16.1. The highest BCUT2D eigenvalue weighted by Crippen LogP contribution is 2.07. The molecule has 0 aromatic rings. The topological polar surface area (TPSA) is 35.6 Å². The van der Waals surface area contributed by atoms with Crippen LogP contribution in [0.1, 0.15) is 20.3 Å². The zero-order valence-corrected chi connectivity index (χ0v) is 10.1. The Balaban J connectivity index is 2.28. The summed E-state index contributed by atoms with van der Waals surface area (Å²) in [7, 11) is 2.12. The fraction of sp³-hybridized carbons (Fsp3) is 0.909. The number of carbonyl (C=O) groups is 1. The quantitative estimate of drug-likeness (QED) is 0.675. The maximum absolute atomic E-state index is 11.8. The number of hydrogen-bond acceptors (Lipinski definition) is 3. The van der Waals surface area contributed by atoms with E-state index in [2.05, 4.69) is 31.1 Å². The zero-order valence-electron chi connectivity index (χ0n) is 10.1. The van der Waals surface area contributed by atoms with Gasteiger partial charge in [-0.2, -0.15) is 0 Å². The summed E-state index contributed by atoms with van der Waals surface area (Å²) in [5.41, 5.74) is 0. The molecular weight excluding hydrogens is 190 g/mol. The first kappa shape index (κ1) is 12.5. The van der Waals surface area contributed by atoms with Gasteiger partial charge in [0.05, 0.1) is 0 Å². The number of piperazine rings is 1. The van der Waals surface area contributed by atoms with Gasteiger partial charge in [-0.1, -0.05) is 6.92 Å².